The molecule has 0 heterocycles. The van der Waals surface area contributed by atoms with Gasteiger partial charge in [0, 0.05) is 0 Å². The third-order valence-electron chi connectivity index (χ3n) is 2.25. The van der Waals surface area contributed by atoms with Crippen molar-refractivity contribution >= 4 is 15.2 Å². The van der Waals surface area contributed by atoms with Crippen LogP contribution in [0.4, 0.5) is 0 Å². The molecule has 0 aliphatic carbocycles. The highest BCUT2D eigenvalue weighted by Gasteiger charge is 1.99. The van der Waals surface area contributed by atoms with E-state index in [1.807, 2.05) is 0 Å². The number of hydrogen-bond acceptors (Lipinski definition) is 0. The molecular formula is C14H31Al. The maximum absolute atomic E-state index is 2.33. The number of unbranched alkanes of at least 4 members (excludes halogenated alkanes) is 1. The van der Waals surface area contributed by atoms with Crippen LogP contribution in [0.1, 0.15) is 54.4 Å². The average molecular weight is 226 g/mol. The minimum absolute atomic E-state index is 0.316. The fourth-order valence-electron chi connectivity index (χ4n) is 1.27. The summed E-state index contributed by atoms with van der Waals surface area (Å²) in [5.74, 6) is 1.91. The Labute approximate surface area is 104 Å². The van der Waals surface area contributed by atoms with E-state index in [0.29, 0.717) is 15.2 Å². The number of hydrogen-bond donors (Lipinski definition) is 0. The van der Waals surface area contributed by atoms with Gasteiger partial charge in [0.05, 0.1) is 0 Å². The van der Waals surface area contributed by atoms with Crippen LogP contribution >= 0.6 is 0 Å². The van der Waals surface area contributed by atoms with Crippen molar-refractivity contribution in [3.8, 4) is 0 Å². The van der Waals surface area contributed by atoms with Crippen molar-refractivity contribution in [2.45, 2.75) is 64.9 Å². The Morgan fingerprint density at radius 3 is 1.67 bits per heavy atom. The standard InChI is InChI=1S/C6H12.2C4H9.Al.H/c1-3-5-6-4-2;2*1-4(2)3;;/h3,5H,4,6H2,1-2H3;2*4H,1H2,2-3H3;;. The summed E-state index contributed by atoms with van der Waals surface area (Å²) in [4.78, 5) is 0. The third kappa shape index (κ3) is 25.0. The maximum Gasteiger partial charge on any atom is 0.237 e. The van der Waals surface area contributed by atoms with Crippen LogP contribution < -0.4 is 0 Å². The van der Waals surface area contributed by atoms with Crippen molar-refractivity contribution in [3.05, 3.63) is 12.2 Å². The summed E-state index contributed by atoms with van der Waals surface area (Å²) in [6, 6.07) is 0. The van der Waals surface area contributed by atoms with Gasteiger partial charge in [-0.2, -0.15) is 0 Å². The van der Waals surface area contributed by atoms with Crippen LogP contribution in [0.25, 0.3) is 0 Å². The van der Waals surface area contributed by atoms with Crippen molar-refractivity contribution in [2.75, 3.05) is 0 Å². The summed E-state index contributed by atoms with van der Waals surface area (Å²) in [5, 5.41) is 3.08. The molecule has 0 spiro atoms. The van der Waals surface area contributed by atoms with Gasteiger partial charge in [-0.3, -0.25) is 0 Å². The van der Waals surface area contributed by atoms with Gasteiger partial charge >= 0.3 is 0 Å². The molecule has 0 aliphatic heterocycles. The molecule has 0 aliphatic rings. The molecule has 1 heteroatoms. The van der Waals surface area contributed by atoms with E-state index in [1.165, 1.54) is 23.4 Å². The molecule has 0 saturated heterocycles. The Morgan fingerprint density at radius 2 is 1.47 bits per heavy atom. The minimum atomic E-state index is 0.316. The van der Waals surface area contributed by atoms with Gasteiger partial charge in [-0.1, -0.05) is 75.6 Å². The SMILES string of the molecule is CC(C)[CH2][AlH][CH2]C(C)C.CC=CCCC. The monoisotopic (exact) mass is 226 g/mol. The summed E-state index contributed by atoms with van der Waals surface area (Å²) >= 11 is 0.316. The van der Waals surface area contributed by atoms with E-state index in [9.17, 15) is 0 Å². The highest BCUT2D eigenvalue weighted by molar-refractivity contribution is 6.35. The van der Waals surface area contributed by atoms with E-state index < -0.39 is 0 Å². The molecule has 0 fully saturated rings. The summed E-state index contributed by atoms with van der Waals surface area (Å²) < 4.78 is 0. The Balaban J connectivity index is 0. The van der Waals surface area contributed by atoms with Gasteiger partial charge in [0.1, 0.15) is 0 Å². The van der Waals surface area contributed by atoms with E-state index in [2.05, 4.69) is 53.7 Å². The predicted molar refractivity (Wildman–Crippen MR) is 76.2 cm³/mol. The summed E-state index contributed by atoms with van der Waals surface area (Å²) in [6.45, 7) is 13.5. The van der Waals surface area contributed by atoms with Gasteiger partial charge in [0.2, 0.25) is 15.2 Å². The van der Waals surface area contributed by atoms with Gasteiger partial charge in [-0.25, -0.2) is 0 Å². The molecule has 0 radical (unpaired) electrons. The molecule has 0 saturated carbocycles. The quantitative estimate of drug-likeness (QED) is 0.445. The van der Waals surface area contributed by atoms with Crippen LogP contribution in [0.15, 0.2) is 12.2 Å². The average Bonchev–Trinajstić information content (AvgIpc) is 2.14. The second-order valence-electron chi connectivity index (χ2n) is 5.08. The van der Waals surface area contributed by atoms with Crippen LogP contribution in [-0.2, 0) is 0 Å². The van der Waals surface area contributed by atoms with E-state index >= 15 is 0 Å². The number of rotatable bonds is 6. The molecule has 0 atom stereocenters. The van der Waals surface area contributed by atoms with E-state index in [4.69, 9.17) is 0 Å². The van der Waals surface area contributed by atoms with E-state index in [1.54, 1.807) is 0 Å². The largest absolute Gasteiger partial charge is 0.237 e. The van der Waals surface area contributed by atoms with Crippen molar-refractivity contribution in [1.82, 2.24) is 0 Å². The summed E-state index contributed by atoms with van der Waals surface area (Å²) in [7, 11) is 0. The second-order valence-corrected chi connectivity index (χ2v) is 6.94. The fourth-order valence-corrected chi connectivity index (χ4v) is 3.14. The molecular weight excluding hydrogens is 195 g/mol. The minimum Gasteiger partial charge on any atom is -0.0950 e. The van der Waals surface area contributed by atoms with Crippen LogP contribution in [0.5, 0.6) is 0 Å². The molecule has 0 nitrogen and oxygen atoms in total. The smallest absolute Gasteiger partial charge is 0.0950 e. The Morgan fingerprint density at radius 1 is 1.00 bits per heavy atom. The Bertz CT molecular complexity index is 117. The molecule has 90 valence electrons. The van der Waals surface area contributed by atoms with Crippen LogP contribution in [0.2, 0.25) is 10.6 Å². The molecule has 0 N–H and O–H groups in total. The summed E-state index contributed by atoms with van der Waals surface area (Å²) in [6.07, 6.45) is 6.77. The third-order valence-corrected chi connectivity index (χ3v) is 5.38. The predicted octanol–water partition coefficient (Wildman–Crippen LogP) is 4.93. The highest BCUT2D eigenvalue weighted by atomic mass is 27.1. The first-order valence-electron chi connectivity index (χ1n) is 6.65. The second kappa shape index (κ2) is 14.3. The Hall–Kier alpha value is 0.272. The molecule has 0 unspecified atom stereocenters. The van der Waals surface area contributed by atoms with Crippen LogP contribution in [-0.4, -0.2) is 15.2 Å². The topological polar surface area (TPSA) is 0 Å². The van der Waals surface area contributed by atoms with Crippen molar-refractivity contribution in [1.29, 1.82) is 0 Å². The van der Waals surface area contributed by atoms with Gasteiger partial charge < -0.3 is 0 Å². The van der Waals surface area contributed by atoms with Gasteiger partial charge in [0.15, 0.2) is 0 Å². The lowest BCUT2D eigenvalue weighted by Gasteiger charge is -2.03. The lowest BCUT2D eigenvalue weighted by atomic mass is 10.3. The van der Waals surface area contributed by atoms with Crippen molar-refractivity contribution < 1.29 is 0 Å². The molecule has 0 aromatic carbocycles. The normalized spacial score (nSPS) is 10.7. The summed E-state index contributed by atoms with van der Waals surface area (Å²) in [5.41, 5.74) is 0. The van der Waals surface area contributed by atoms with Gasteiger partial charge in [-0.15, -0.1) is 0 Å². The molecule has 0 amide bonds. The van der Waals surface area contributed by atoms with Gasteiger partial charge in [-0.05, 0) is 13.3 Å². The first kappa shape index (κ1) is 17.7. The van der Waals surface area contributed by atoms with E-state index in [0.717, 1.165) is 11.8 Å². The molecule has 0 aromatic heterocycles. The zero-order chi connectivity index (χ0) is 12.1. The zero-order valence-electron chi connectivity index (χ0n) is 11.8. The van der Waals surface area contributed by atoms with Gasteiger partial charge in [0.25, 0.3) is 0 Å². The Kier molecular flexibility index (Phi) is 16.8. The highest BCUT2D eigenvalue weighted by Crippen LogP contribution is 2.05. The lowest BCUT2D eigenvalue weighted by molar-refractivity contribution is 0.700. The van der Waals surface area contributed by atoms with Crippen molar-refractivity contribution in [2.24, 2.45) is 11.8 Å². The first-order chi connectivity index (χ1) is 7.04. The molecule has 0 rings (SSSR count). The molecule has 15 heavy (non-hydrogen) atoms. The molecule has 0 bridgehead atoms. The van der Waals surface area contributed by atoms with Crippen molar-refractivity contribution in [3.63, 3.8) is 0 Å². The first-order valence-corrected chi connectivity index (χ1v) is 8.65. The van der Waals surface area contributed by atoms with E-state index in [-0.39, 0.29) is 0 Å². The molecule has 0 aromatic rings. The maximum atomic E-state index is 2.33. The van der Waals surface area contributed by atoms with Crippen LogP contribution in [0, 0.1) is 11.8 Å². The number of allylic oxidation sites excluding steroid dienone is 2. The zero-order valence-corrected chi connectivity index (χ0v) is 13.3. The lowest BCUT2D eigenvalue weighted by Crippen LogP contribution is -1.99. The fraction of sp³-hybridized carbons (Fsp3) is 0.857. The van der Waals surface area contributed by atoms with Crippen LogP contribution in [0.3, 0.4) is 0 Å².